The second kappa shape index (κ2) is 5.12. The van der Waals surface area contributed by atoms with Gasteiger partial charge in [-0.05, 0) is 12.7 Å². The zero-order valence-corrected chi connectivity index (χ0v) is 9.29. The first-order valence-corrected chi connectivity index (χ1v) is 6.99. The average molecular weight is 212 g/mol. The standard InChI is InChI=1S/C6H12S4/c1-5-9-4-6(10-5)8-3-2-7/h5-7H,2-4H2,1H3. The highest BCUT2D eigenvalue weighted by Gasteiger charge is 2.21. The van der Waals surface area contributed by atoms with Crippen LogP contribution >= 0.6 is 47.9 Å². The molecule has 0 amide bonds. The molecule has 1 aliphatic heterocycles. The van der Waals surface area contributed by atoms with E-state index in [4.69, 9.17) is 0 Å². The van der Waals surface area contributed by atoms with Crippen molar-refractivity contribution in [2.24, 2.45) is 0 Å². The van der Waals surface area contributed by atoms with Crippen molar-refractivity contribution < 1.29 is 0 Å². The van der Waals surface area contributed by atoms with Crippen molar-refractivity contribution in [1.29, 1.82) is 0 Å². The van der Waals surface area contributed by atoms with Gasteiger partial charge in [-0.3, -0.25) is 0 Å². The Kier molecular flexibility index (Phi) is 4.86. The summed E-state index contributed by atoms with van der Waals surface area (Å²) in [4.78, 5) is 0. The van der Waals surface area contributed by atoms with Gasteiger partial charge in [0.2, 0.25) is 0 Å². The summed E-state index contributed by atoms with van der Waals surface area (Å²) in [5.74, 6) is 3.54. The maximum Gasteiger partial charge on any atom is 0.0604 e. The second-order valence-electron chi connectivity index (χ2n) is 2.06. The van der Waals surface area contributed by atoms with Crippen LogP contribution in [0.1, 0.15) is 6.92 Å². The van der Waals surface area contributed by atoms with E-state index < -0.39 is 0 Å². The molecule has 0 nitrogen and oxygen atoms in total. The van der Waals surface area contributed by atoms with Crippen molar-refractivity contribution in [3.05, 3.63) is 0 Å². The van der Waals surface area contributed by atoms with Crippen molar-refractivity contribution in [2.45, 2.75) is 16.1 Å². The van der Waals surface area contributed by atoms with Gasteiger partial charge in [0.05, 0.1) is 4.58 Å². The molecule has 1 aliphatic rings. The summed E-state index contributed by atoms with van der Waals surface area (Å²) in [6.07, 6.45) is 0. The Morgan fingerprint density at radius 3 is 3.00 bits per heavy atom. The monoisotopic (exact) mass is 212 g/mol. The fourth-order valence-corrected chi connectivity index (χ4v) is 5.75. The summed E-state index contributed by atoms with van der Waals surface area (Å²) in [7, 11) is 0. The van der Waals surface area contributed by atoms with Gasteiger partial charge in [0, 0.05) is 16.1 Å². The Morgan fingerprint density at radius 2 is 2.50 bits per heavy atom. The molecule has 1 saturated heterocycles. The Hall–Kier alpha value is 1.40. The van der Waals surface area contributed by atoms with Crippen LogP contribution < -0.4 is 0 Å². The molecule has 0 bridgehead atoms. The first-order valence-electron chi connectivity index (χ1n) is 3.32. The summed E-state index contributed by atoms with van der Waals surface area (Å²) in [5, 5.41) is 0. The van der Waals surface area contributed by atoms with E-state index in [1.807, 2.05) is 0 Å². The molecular formula is C6H12S4. The number of rotatable bonds is 3. The van der Waals surface area contributed by atoms with Crippen LogP contribution in [-0.4, -0.2) is 26.4 Å². The molecule has 0 spiro atoms. The van der Waals surface area contributed by atoms with Crippen LogP contribution in [-0.2, 0) is 0 Å². The number of hydrogen-bond donors (Lipinski definition) is 1. The van der Waals surface area contributed by atoms with Gasteiger partial charge in [-0.15, -0.1) is 35.3 Å². The first kappa shape index (κ1) is 9.49. The fraction of sp³-hybridized carbons (Fsp3) is 1.00. The Bertz CT molecular complexity index is 95.7. The molecule has 0 N–H and O–H groups in total. The van der Waals surface area contributed by atoms with Gasteiger partial charge in [0.25, 0.3) is 0 Å². The number of thiol groups is 1. The molecule has 0 aromatic rings. The summed E-state index contributed by atoms with van der Waals surface area (Å²) >= 11 is 10.4. The highest BCUT2D eigenvalue weighted by Crippen LogP contribution is 2.42. The third-order valence-corrected chi connectivity index (χ3v) is 6.46. The van der Waals surface area contributed by atoms with Gasteiger partial charge in [-0.25, -0.2) is 0 Å². The van der Waals surface area contributed by atoms with Gasteiger partial charge in [-0.2, -0.15) is 12.6 Å². The van der Waals surface area contributed by atoms with Crippen LogP contribution in [0.2, 0.25) is 0 Å². The maximum atomic E-state index is 4.18. The first-order chi connectivity index (χ1) is 4.83. The summed E-state index contributed by atoms with van der Waals surface area (Å²) < 4.78 is 1.66. The molecule has 1 heterocycles. The van der Waals surface area contributed by atoms with E-state index >= 15 is 0 Å². The minimum Gasteiger partial charge on any atom is -0.179 e. The van der Waals surface area contributed by atoms with Crippen molar-refractivity contribution >= 4 is 47.9 Å². The van der Waals surface area contributed by atoms with E-state index in [9.17, 15) is 0 Å². The van der Waals surface area contributed by atoms with Crippen molar-refractivity contribution in [2.75, 3.05) is 17.3 Å². The Balaban J connectivity index is 2.06. The predicted molar refractivity (Wildman–Crippen MR) is 59.6 cm³/mol. The van der Waals surface area contributed by atoms with Crippen LogP contribution in [0.25, 0.3) is 0 Å². The van der Waals surface area contributed by atoms with E-state index in [0.29, 0.717) is 0 Å². The molecule has 10 heavy (non-hydrogen) atoms. The van der Waals surface area contributed by atoms with E-state index in [2.05, 4.69) is 54.8 Å². The van der Waals surface area contributed by atoms with Crippen LogP contribution in [0, 0.1) is 0 Å². The van der Waals surface area contributed by atoms with E-state index in [1.165, 1.54) is 11.5 Å². The smallest absolute Gasteiger partial charge is 0.0604 e. The normalized spacial score (nSPS) is 33.0. The van der Waals surface area contributed by atoms with Gasteiger partial charge < -0.3 is 0 Å². The molecule has 2 atom stereocenters. The predicted octanol–water partition coefficient (Wildman–Crippen LogP) is 2.80. The highest BCUT2D eigenvalue weighted by atomic mass is 32.2. The van der Waals surface area contributed by atoms with Crippen LogP contribution in [0.3, 0.4) is 0 Å². The van der Waals surface area contributed by atoms with Gasteiger partial charge in [0.1, 0.15) is 0 Å². The molecule has 1 rings (SSSR count). The molecular weight excluding hydrogens is 200 g/mol. The third-order valence-electron chi connectivity index (χ3n) is 1.21. The molecule has 4 heteroatoms. The van der Waals surface area contributed by atoms with Crippen molar-refractivity contribution in [3.63, 3.8) is 0 Å². The second-order valence-corrected chi connectivity index (χ2v) is 7.34. The van der Waals surface area contributed by atoms with E-state index in [-0.39, 0.29) is 0 Å². The minimum absolute atomic E-state index is 0.817. The Morgan fingerprint density at radius 1 is 1.70 bits per heavy atom. The highest BCUT2D eigenvalue weighted by molar-refractivity contribution is 8.27. The van der Waals surface area contributed by atoms with Crippen molar-refractivity contribution in [3.8, 4) is 0 Å². The van der Waals surface area contributed by atoms with Gasteiger partial charge in [0.15, 0.2) is 0 Å². The molecule has 60 valence electrons. The number of hydrogen-bond acceptors (Lipinski definition) is 4. The summed E-state index contributed by atoms with van der Waals surface area (Å²) in [6, 6.07) is 0. The molecule has 0 aliphatic carbocycles. The topological polar surface area (TPSA) is 0 Å². The molecule has 0 radical (unpaired) electrons. The molecule has 0 aromatic heterocycles. The zero-order chi connectivity index (χ0) is 7.40. The molecule has 0 saturated carbocycles. The lowest BCUT2D eigenvalue weighted by atomic mass is 10.9. The van der Waals surface area contributed by atoms with Crippen molar-refractivity contribution in [1.82, 2.24) is 0 Å². The quantitative estimate of drug-likeness (QED) is 0.715. The average Bonchev–Trinajstić information content (AvgIpc) is 2.31. The lowest BCUT2D eigenvalue weighted by molar-refractivity contribution is 1.43. The third kappa shape index (κ3) is 3.20. The molecule has 2 unspecified atom stereocenters. The summed E-state index contributed by atoms with van der Waals surface area (Å²) in [6.45, 7) is 2.29. The van der Waals surface area contributed by atoms with Gasteiger partial charge >= 0.3 is 0 Å². The summed E-state index contributed by atoms with van der Waals surface area (Å²) in [5.41, 5.74) is 0. The molecule has 0 aromatic carbocycles. The van der Waals surface area contributed by atoms with Crippen LogP contribution in [0.5, 0.6) is 0 Å². The minimum atomic E-state index is 0.817. The van der Waals surface area contributed by atoms with E-state index in [1.54, 1.807) is 0 Å². The lowest BCUT2D eigenvalue weighted by Gasteiger charge is -2.05. The van der Waals surface area contributed by atoms with Crippen LogP contribution in [0.4, 0.5) is 0 Å². The van der Waals surface area contributed by atoms with Gasteiger partial charge in [-0.1, -0.05) is 0 Å². The zero-order valence-electron chi connectivity index (χ0n) is 5.95. The largest absolute Gasteiger partial charge is 0.179 e. The SMILES string of the molecule is CC1SCC(SCCS)S1. The lowest BCUT2D eigenvalue weighted by Crippen LogP contribution is -1.96. The number of thioether (sulfide) groups is 3. The Labute approximate surface area is 81.1 Å². The fourth-order valence-electron chi connectivity index (χ4n) is 0.778. The molecule has 1 fully saturated rings. The van der Waals surface area contributed by atoms with Crippen LogP contribution in [0.15, 0.2) is 0 Å². The maximum absolute atomic E-state index is 4.18. The van der Waals surface area contributed by atoms with E-state index in [0.717, 1.165) is 14.9 Å².